The lowest BCUT2D eigenvalue weighted by atomic mass is 10.1. The number of esters is 1. The van der Waals surface area contributed by atoms with Crippen LogP contribution in [0.25, 0.3) is 0 Å². The van der Waals surface area contributed by atoms with Crippen LogP contribution in [0, 0.1) is 0 Å². The van der Waals surface area contributed by atoms with Gasteiger partial charge >= 0.3 is 5.97 Å². The van der Waals surface area contributed by atoms with Gasteiger partial charge in [-0.15, -0.1) is 0 Å². The fraction of sp³-hybridized carbons (Fsp3) is 0.900. The third-order valence-corrected chi connectivity index (χ3v) is 2.16. The zero-order valence-electron chi connectivity index (χ0n) is 8.75. The second-order valence-electron chi connectivity index (χ2n) is 3.48. The molecule has 1 heterocycles. The van der Waals surface area contributed by atoms with Crippen molar-refractivity contribution >= 4 is 5.97 Å². The van der Waals surface area contributed by atoms with Crippen LogP contribution in [0.3, 0.4) is 0 Å². The maximum absolute atomic E-state index is 11.3. The SMILES string of the molecule is CCCNCC(=O)OC1CCOCC1. The average molecular weight is 201 g/mol. The van der Waals surface area contributed by atoms with Crippen molar-refractivity contribution in [1.82, 2.24) is 5.32 Å². The maximum Gasteiger partial charge on any atom is 0.320 e. The summed E-state index contributed by atoms with van der Waals surface area (Å²) >= 11 is 0. The fourth-order valence-electron chi connectivity index (χ4n) is 1.39. The van der Waals surface area contributed by atoms with Crippen LogP contribution in [-0.4, -0.2) is 38.4 Å². The zero-order chi connectivity index (χ0) is 10.2. The molecule has 1 aliphatic rings. The molecule has 1 aliphatic heterocycles. The van der Waals surface area contributed by atoms with Gasteiger partial charge in [-0.1, -0.05) is 6.92 Å². The molecule has 82 valence electrons. The zero-order valence-corrected chi connectivity index (χ0v) is 8.75. The molecular weight excluding hydrogens is 182 g/mol. The molecule has 14 heavy (non-hydrogen) atoms. The van der Waals surface area contributed by atoms with Gasteiger partial charge in [-0.3, -0.25) is 4.79 Å². The topological polar surface area (TPSA) is 47.6 Å². The summed E-state index contributed by atoms with van der Waals surface area (Å²) in [5, 5.41) is 3.02. The first-order valence-corrected chi connectivity index (χ1v) is 5.31. The lowest BCUT2D eigenvalue weighted by molar-refractivity contribution is -0.151. The van der Waals surface area contributed by atoms with E-state index < -0.39 is 0 Å². The largest absolute Gasteiger partial charge is 0.461 e. The Hall–Kier alpha value is -0.610. The molecular formula is C10H19NO3. The van der Waals surface area contributed by atoms with E-state index in [1.807, 2.05) is 0 Å². The van der Waals surface area contributed by atoms with Gasteiger partial charge in [0.25, 0.3) is 0 Å². The van der Waals surface area contributed by atoms with E-state index in [4.69, 9.17) is 9.47 Å². The first kappa shape index (κ1) is 11.5. The van der Waals surface area contributed by atoms with Crippen LogP contribution in [0.1, 0.15) is 26.2 Å². The molecule has 0 aliphatic carbocycles. The number of ether oxygens (including phenoxy) is 2. The van der Waals surface area contributed by atoms with Crippen molar-refractivity contribution in [3.63, 3.8) is 0 Å². The number of carbonyl (C=O) groups is 1. The normalized spacial score (nSPS) is 18.1. The van der Waals surface area contributed by atoms with Gasteiger partial charge in [0.05, 0.1) is 19.8 Å². The summed E-state index contributed by atoms with van der Waals surface area (Å²) < 4.78 is 10.4. The molecule has 4 nitrogen and oxygen atoms in total. The van der Waals surface area contributed by atoms with E-state index in [2.05, 4.69) is 12.2 Å². The second kappa shape index (κ2) is 6.79. The molecule has 0 atom stereocenters. The van der Waals surface area contributed by atoms with Crippen LogP contribution in [-0.2, 0) is 14.3 Å². The van der Waals surface area contributed by atoms with E-state index in [0.29, 0.717) is 19.8 Å². The van der Waals surface area contributed by atoms with E-state index in [9.17, 15) is 4.79 Å². The minimum atomic E-state index is -0.148. The van der Waals surface area contributed by atoms with Crippen molar-refractivity contribution in [3.8, 4) is 0 Å². The molecule has 0 saturated carbocycles. The fourth-order valence-corrected chi connectivity index (χ4v) is 1.39. The summed E-state index contributed by atoms with van der Waals surface area (Å²) in [6, 6.07) is 0. The van der Waals surface area contributed by atoms with Crippen LogP contribution in [0.5, 0.6) is 0 Å². The molecule has 0 radical (unpaired) electrons. The van der Waals surface area contributed by atoms with Crippen molar-refractivity contribution in [2.24, 2.45) is 0 Å². The number of nitrogens with one attached hydrogen (secondary N) is 1. The van der Waals surface area contributed by atoms with Crippen molar-refractivity contribution < 1.29 is 14.3 Å². The van der Waals surface area contributed by atoms with Crippen molar-refractivity contribution in [2.45, 2.75) is 32.3 Å². The first-order valence-electron chi connectivity index (χ1n) is 5.31. The Morgan fingerprint density at radius 1 is 1.50 bits per heavy atom. The van der Waals surface area contributed by atoms with Gasteiger partial charge in [0.2, 0.25) is 0 Å². The highest BCUT2D eigenvalue weighted by Crippen LogP contribution is 2.10. The molecule has 0 unspecified atom stereocenters. The molecule has 0 spiro atoms. The predicted molar refractivity (Wildman–Crippen MR) is 53.1 cm³/mol. The van der Waals surface area contributed by atoms with Gasteiger partial charge in [-0.25, -0.2) is 0 Å². The van der Waals surface area contributed by atoms with Gasteiger partial charge in [-0.2, -0.15) is 0 Å². The van der Waals surface area contributed by atoms with Crippen molar-refractivity contribution in [1.29, 1.82) is 0 Å². The second-order valence-corrected chi connectivity index (χ2v) is 3.48. The Balaban J connectivity index is 2.06. The Bertz CT molecular complexity index is 167. The lowest BCUT2D eigenvalue weighted by Crippen LogP contribution is -2.31. The van der Waals surface area contributed by atoms with Gasteiger partial charge < -0.3 is 14.8 Å². The van der Waals surface area contributed by atoms with Crippen LogP contribution in [0.15, 0.2) is 0 Å². The summed E-state index contributed by atoms with van der Waals surface area (Å²) in [5.41, 5.74) is 0. The number of hydrogen-bond acceptors (Lipinski definition) is 4. The van der Waals surface area contributed by atoms with Crippen LogP contribution in [0.4, 0.5) is 0 Å². The molecule has 0 amide bonds. The number of rotatable bonds is 5. The van der Waals surface area contributed by atoms with E-state index in [0.717, 1.165) is 25.8 Å². The smallest absolute Gasteiger partial charge is 0.320 e. The number of hydrogen-bond donors (Lipinski definition) is 1. The number of carbonyl (C=O) groups excluding carboxylic acids is 1. The van der Waals surface area contributed by atoms with Gasteiger partial charge in [0.15, 0.2) is 0 Å². The van der Waals surface area contributed by atoms with Gasteiger partial charge in [0, 0.05) is 12.8 Å². The third-order valence-electron chi connectivity index (χ3n) is 2.16. The molecule has 1 N–H and O–H groups in total. The highest BCUT2D eigenvalue weighted by molar-refractivity contribution is 5.71. The Morgan fingerprint density at radius 3 is 2.86 bits per heavy atom. The van der Waals surface area contributed by atoms with E-state index in [1.165, 1.54) is 0 Å². The van der Waals surface area contributed by atoms with Crippen molar-refractivity contribution in [3.05, 3.63) is 0 Å². The molecule has 0 aromatic heterocycles. The maximum atomic E-state index is 11.3. The Labute approximate surface area is 85.0 Å². The average Bonchev–Trinajstić information content (AvgIpc) is 2.20. The van der Waals surface area contributed by atoms with Gasteiger partial charge in [0.1, 0.15) is 6.10 Å². The highest BCUT2D eigenvalue weighted by Gasteiger charge is 2.17. The molecule has 4 heteroatoms. The van der Waals surface area contributed by atoms with E-state index in [1.54, 1.807) is 0 Å². The monoisotopic (exact) mass is 201 g/mol. The van der Waals surface area contributed by atoms with E-state index >= 15 is 0 Å². The summed E-state index contributed by atoms with van der Waals surface area (Å²) in [7, 11) is 0. The van der Waals surface area contributed by atoms with Gasteiger partial charge in [-0.05, 0) is 13.0 Å². The Morgan fingerprint density at radius 2 is 2.21 bits per heavy atom. The highest BCUT2D eigenvalue weighted by atomic mass is 16.6. The van der Waals surface area contributed by atoms with Crippen LogP contribution in [0.2, 0.25) is 0 Å². The van der Waals surface area contributed by atoms with Crippen LogP contribution < -0.4 is 5.32 Å². The molecule has 0 aromatic carbocycles. The molecule has 1 rings (SSSR count). The standard InChI is InChI=1S/C10H19NO3/c1-2-5-11-8-10(12)14-9-3-6-13-7-4-9/h9,11H,2-8H2,1H3. The molecule has 1 saturated heterocycles. The lowest BCUT2D eigenvalue weighted by Gasteiger charge is -2.22. The summed E-state index contributed by atoms with van der Waals surface area (Å²) in [4.78, 5) is 11.3. The first-order chi connectivity index (χ1) is 6.83. The molecule has 1 fully saturated rings. The Kier molecular flexibility index (Phi) is 5.56. The predicted octanol–water partition coefficient (Wildman–Crippen LogP) is 0.708. The minimum absolute atomic E-state index is 0.0691. The quantitative estimate of drug-likeness (QED) is 0.525. The molecule has 0 bridgehead atoms. The summed E-state index contributed by atoms with van der Waals surface area (Å²) in [5.74, 6) is -0.148. The third kappa shape index (κ3) is 4.58. The van der Waals surface area contributed by atoms with Crippen LogP contribution >= 0.6 is 0 Å². The van der Waals surface area contributed by atoms with E-state index in [-0.39, 0.29) is 12.1 Å². The minimum Gasteiger partial charge on any atom is -0.461 e. The van der Waals surface area contributed by atoms with Crippen molar-refractivity contribution in [2.75, 3.05) is 26.3 Å². The summed E-state index contributed by atoms with van der Waals surface area (Å²) in [6.45, 7) is 4.67. The molecule has 0 aromatic rings. The summed E-state index contributed by atoms with van der Waals surface area (Å²) in [6.07, 6.45) is 2.77.